The van der Waals surface area contributed by atoms with E-state index in [9.17, 15) is 14.4 Å². The summed E-state index contributed by atoms with van der Waals surface area (Å²) in [5, 5.41) is 4.62. The molecule has 0 bridgehead atoms. The van der Waals surface area contributed by atoms with Crippen LogP contribution in [0.4, 0.5) is 4.79 Å². The predicted molar refractivity (Wildman–Crippen MR) is 195 cm³/mol. The number of carbonyl (C=O) groups excluding carboxylic acids is 3. The molecule has 2 amide bonds. The van der Waals surface area contributed by atoms with Gasteiger partial charge in [0.05, 0.1) is 35.1 Å². The molecule has 1 aliphatic heterocycles. The Balaban J connectivity index is 1.32. The smallest absolute Gasteiger partial charge is 0.410 e. The number of amides is 2. The number of fused-ring (bicyclic) bond motifs is 1. The van der Waals surface area contributed by atoms with Crippen molar-refractivity contribution in [2.45, 2.75) is 51.8 Å². The normalized spacial score (nSPS) is 14.5. The van der Waals surface area contributed by atoms with Crippen LogP contribution >= 0.6 is 23.2 Å². The zero-order valence-electron chi connectivity index (χ0n) is 28.4. The van der Waals surface area contributed by atoms with Crippen molar-refractivity contribution in [2.24, 2.45) is 7.05 Å². The number of hydrogen-bond acceptors (Lipinski definition) is 7. The van der Waals surface area contributed by atoms with E-state index in [-0.39, 0.29) is 25.0 Å². The molecule has 0 spiro atoms. The van der Waals surface area contributed by atoms with Crippen LogP contribution in [0, 0.1) is 0 Å². The van der Waals surface area contributed by atoms with Crippen molar-refractivity contribution >= 4 is 52.5 Å². The van der Waals surface area contributed by atoms with Crippen molar-refractivity contribution in [2.75, 3.05) is 13.7 Å². The number of pyridine rings is 2. The van der Waals surface area contributed by atoms with Crippen LogP contribution in [0.15, 0.2) is 66.9 Å². The lowest BCUT2D eigenvalue weighted by Gasteiger charge is -2.29. The summed E-state index contributed by atoms with van der Waals surface area (Å²) < 4.78 is 13.2. The van der Waals surface area contributed by atoms with Gasteiger partial charge in [-0.15, -0.1) is 0 Å². The standard InChI is InChI=1S/C38H37Cl2N5O5/c1-38(2,3)50-37(48)45(20-24-13-17-32(47)41-24)19-22-12-15-31(43-36(22)49-5)29-11-7-9-27(34(29)40)26-8-6-10-28(33(26)39)30-16-14-25-23(21-46)18-44(4)35(25)42-30/h6-12,14-16,18,21,24H,13,17,19-20H2,1-5H3,(H,41,47)/t24-/m0/s1. The molecule has 1 fully saturated rings. The summed E-state index contributed by atoms with van der Waals surface area (Å²) in [5.41, 5.74) is 5.25. The maximum Gasteiger partial charge on any atom is 0.410 e. The molecule has 0 saturated carbocycles. The molecule has 50 heavy (non-hydrogen) atoms. The number of hydrogen-bond donors (Lipinski definition) is 1. The van der Waals surface area contributed by atoms with Crippen LogP contribution in [-0.2, 0) is 23.1 Å². The van der Waals surface area contributed by atoms with Gasteiger partial charge in [0.1, 0.15) is 11.2 Å². The highest BCUT2D eigenvalue weighted by atomic mass is 35.5. The summed E-state index contributed by atoms with van der Waals surface area (Å²) in [4.78, 5) is 47.8. The molecule has 2 aromatic carbocycles. The molecular weight excluding hydrogens is 677 g/mol. The van der Waals surface area contributed by atoms with Gasteiger partial charge in [0, 0.05) is 71.0 Å². The number of ether oxygens (including phenoxy) is 2. The summed E-state index contributed by atoms with van der Waals surface area (Å²) in [6.07, 6.45) is 3.13. The third kappa shape index (κ3) is 7.18. The number of benzene rings is 2. The molecule has 258 valence electrons. The first-order valence-electron chi connectivity index (χ1n) is 16.2. The van der Waals surface area contributed by atoms with Gasteiger partial charge in [0.15, 0.2) is 6.29 Å². The van der Waals surface area contributed by atoms with Crippen molar-refractivity contribution in [3.63, 3.8) is 0 Å². The van der Waals surface area contributed by atoms with Gasteiger partial charge in [-0.1, -0.05) is 59.6 Å². The van der Waals surface area contributed by atoms with Crippen LogP contribution in [0.25, 0.3) is 44.7 Å². The fourth-order valence-corrected chi connectivity index (χ4v) is 6.78. The molecule has 4 heterocycles. The molecule has 6 rings (SSSR count). The van der Waals surface area contributed by atoms with Crippen molar-refractivity contribution in [3.8, 4) is 39.5 Å². The second-order valence-electron chi connectivity index (χ2n) is 13.2. The number of halogens is 2. The Bertz CT molecular complexity index is 2120. The second-order valence-corrected chi connectivity index (χ2v) is 14.0. The summed E-state index contributed by atoms with van der Waals surface area (Å²) in [6.45, 7) is 5.87. The lowest BCUT2D eigenvalue weighted by Crippen LogP contribution is -2.43. The topological polar surface area (TPSA) is 116 Å². The van der Waals surface area contributed by atoms with E-state index >= 15 is 0 Å². The van der Waals surface area contributed by atoms with Gasteiger partial charge in [0.25, 0.3) is 0 Å². The number of aldehydes is 1. The molecule has 0 radical (unpaired) electrons. The van der Waals surface area contributed by atoms with Crippen LogP contribution in [0.1, 0.15) is 49.5 Å². The lowest BCUT2D eigenvalue weighted by molar-refractivity contribution is -0.119. The molecule has 1 N–H and O–H groups in total. The molecule has 10 nitrogen and oxygen atoms in total. The zero-order chi connectivity index (χ0) is 35.7. The van der Waals surface area contributed by atoms with Gasteiger partial charge in [-0.05, 0) is 51.5 Å². The molecule has 0 aliphatic carbocycles. The van der Waals surface area contributed by atoms with Crippen LogP contribution in [0.3, 0.4) is 0 Å². The van der Waals surface area contributed by atoms with E-state index in [1.165, 1.54) is 7.11 Å². The first kappa shape index (κ1) is 34.9. The largest absolute Gasteiger partial charge is 0.481 e. The van der Waals surface area contributed by atoms with Crippen molar-refractivity contribution in [1.29, 1.82) is 0 Å². The molecule has 1 atom stereocenters. The van der Waals surface area contributed by atoms with Crippen molar-refractivity contribution in [3.05, 3.63) is 88.0 Å². The van der Waals surface area contributed by atoms with Gasteiger partial charge >= 0.3 is 6.09 Å². The van der Waals surface area contributed by atoms with E-state index in [4.69, 9.17) is 42.6 Å². The van der Waals surface area contributed by atoms with E-state index in [1.807, 2.05) is 93.0 Å². The molecule has 12 heteroatoms. The Morgan fingerprint density at radius 3 is 2.18 bits per heavy atom. The average Bonchev–Trinajstić information content (AvgIpc) is 3.65. The van der Waals surface area contributed by atoms with Gasteiger partial charge in [0.2, 0.25) is 11.8 Å². The van der Waals surface area contributed by atoms with Crippen LogP contribution in [-0.4, -0.2) is 63.0 Å². The zero-order valence-corrected chi connectivity index (χ0v) is 29.9. The first-order valence-corrected chi connectivity index (χ1v) is 16.9. The maximum atomic E-state index is 13.2. The SMILES string of the molecule is COc1nc(-c2cccc(-c3cccc(-c4ccc5c(C=O)cn(C)c5n4)c3Cl)c2Cl)ccc1CN(C[C@@H]1CCC(=O)N1)C(=O)OC(C)(C)C. The monoisotopic (exact) mass is 713 g/mol. The number of nitrogens with one attached hydrogen (secondary N) is 1. The van der Waals surface area contributed by atoms with E-state index in [0.29, 0.717) is 73.6 Å². The molecule has 0 unspecified atom stereocenters. The third-order valence-electron chi connectivity index (χ3n) is 8.49. The average molecular weight is 715 g/mol. The van der Waals surface area contributed by atoms with Gasteiger partial charge < -0.3 is 24.3 Å². The van der Waals surface area contributed by atoms with E-state index in [0.717, 1.165) is 17.2 Å². The Morgan fingerprint density at radius 2 is 1.60 bits per heavy atom. The van der Waals surface area contributed by atoms with E-state index in [1.54, 1.807) is 11.1 Å². The quantitative estimate of drug-likeness (QED) is 0.153. The summed E-state index contributed by atoms with van der Waals surface area (Å²) in [7, 11) is 3.37. The number of methoxy groups -OCH3 is 1. The summed E-state index contributed by atoms with van der Waals surface area (Å²) in [6, 6.07) is 18.6. The molecule has 1 aliphatic rings. The molecular formula is C38H37Cl2N5O5. The van der Waals surface area contributed by atoms with Crippen molar-refractivity contribution < 1.29 is 23.9 Å². The highest BCUT2D eigenvalue weighted by molar-refractivity contribution is 6.39. The minimum absolute atomic E-state index is 0.0330. The van der Waals surface area contributed by atoms with Crippen molar-refractivity contribution in [1.82, 2.24) is 24.8 Å². The van der Waals surface area contributed by atoms with E-state index < -0.39 is 11.7 Å². The number of rotatable bonds is 9. The minimum atomic E-state index is -0.697. The highest BCUT2D eigenvalue weighted by Crippen LogP contribution is 2.42. The molecule has 5 aromatic rings. The highest BCUT2D eigenvalue weighted by Gasteiger charge is 2.29. The number of carbonyl (C=O) groups is 3. The van der Waals surface area contributed by atoms with E-state index in [2.05, 4.69) is 5.32 Å². The number of aromatic nitrogens is 3. The molecule has 3 aromatic heterocycles. The fourth-order valence-electron chi connectivity index (χ4n) is 6.13. The second kappa shape index (κ2) is 14.1. The third-order valence-corrected chi connectivity index (χ3v) is 9.30. The fraction of sp³-hybridized carbons (Fsp3) is 0.289. The van der Waals surface area contributed by atoms with Crippen LogP contribution < -0.4 is 10.1 Å². The first-order chi connectivity index (χ1) is 23.9. The lowest BCUT2D eigenvalue weighted by atomic mass is 9.98. The van der Waals surface area contributed by atoms with Gasteiger partial charge in [-0.25, -0.2) is 14.8 Å². The molecule has 1 saturated heterocycles. The van der Waals surface area contributed by atoms with Gasteiger partial charge in [-0.2, -0.15) is 0 Å². The Labute approximate surface area is 300 Å². The number of aryl methyl sites for hydroxylation is 1. The Hall–Kier alpha value is -4.93. The predicted octanol–water partition coefficient (Wildman–Crippen LogP) is 8.11. The summed E-state index contributed by atoms with van der Waals surface area (Å²) in [5.74, 6) is 0.294. The minimum Gasteiger partial charge on any atom is -0.481 e. The Kier molecular flexibility index (Phi) is 9.87. The Morgan fingerprint density at radius 1 is 0.980 bits per heavy atom. The summed E-state index contributed by atoms with van der Waals surface area (Å²) >= 11 is 14.2. The maximum absolute atomic E-state index is 13.2. The number of nitrogens with zero attached hydrogens (tertiary/aromatic N) is 4. The van der Waals surface area contributed by atoms with Crippen LogP contribution in [0.5, 0.6) is 5.88 Å². The van der Waals surface area contributed by atoms with Gasteiger partial charge in [-0.3, -0.25) is 9.59 Å². The van der Waals surface area contributed by atoms with Crippen LogP contribution in [0.2, 0.25) is 10.0 Å².